The van der Waals surface area contributed by atoms with Gasteiger partial charge in [0.25, 0.3) is 0 Å². The molecule has 0 aliphatic rings. The predicted molar refractivity (Wildman–Crippen MR) is 89.0 cm³/mol. The molecule has 2 aromatic rings. The monoisotopic (exact) mass is 294 g/mol. The lowest BCUT2D eigenvalue weighted by atomic mass is 9.87. The fraction of sp³-hybridized carbons (Fsp3) is 0.300. The van der Waals surface area contributed by atoms with E-state index >= 15 is 0 Å². The average Bonchev–Trinajstić information content (AvgIpc) is 2.61. The smallest absolute Gasteiger partial charge is 0.150 e. The van der Waals surface area contributed by atoms with Gasteiger partial charge in [-0.25, -0.2) is 0 Å². The van der Waals surface area contributed by atoms with Gasteiger partial charge in [0.2, 0.25) is 0 Å². The van der Waals surface area contributed by atoms with E-state index in [4.69, 9.17) is 0 Å². The van der Waals surface area contributed by atoms with E-state index in [2.05, 4.69) is 11.8 Å². The fourth-order valence-corrected chi connectivity index (χ4v) is 2.36. The van der Waals surface area contributed by atoms with Crippen molar-refractivity contribution in [3.05, 3.63) is 71.8 Å². The molecule has 0 amide bonds. The Morgan fingerprint density at radius 2 is 1.00 bits per heavy atom. The van der Waals surface area contributed by atoms with E-state index in [1.807, 2.05) is 74.5 Å². The van der Waals surface area contributed by atoms with Gasteiger partial charge in [-0.05, 0) is 24.0 Å². The van der Waals surface area contributed by atoms with Crippen molar-refractivity contribution in [1.82, 2.24) is 0 Å². The van der Waals surface area contributed by atoms with Gasteiger partial charge in [0.05, 0.1) is 0 Å². The van der Waals surface area contributed by atoms with Crippen LogP contribution in [-0.2, 0) is 11.2 Å². The third kappa shape index (κ3) is 3.39. The van der Waals surface area contributed by atoms with Crippen LogP contribution in [0, 0.1) is 11.8 Å². The van der Waals surface area contributed by atoms with Crippen LogP contribution < -0.4 is 0 Å². The summed E-state index contributed by atoms with van der Waals surface area (Å²) in [7, 11) is 0. The van der Waals surface area contributed by atoms with Crippen molar-refractivity contribution in [2.75, 3.05) is 0 Å². The predicted octanol–water partition coefficient (Wildman–Crippen LogP) is 3.59. The standard InChI is InChI=1S/C20H22O2/c1-3-19(21,17-11-7-5-8-12-17)15-16-20(22,4-2)18-13-9-6-10-14-18/h5-14,21-22H,3-4H2,1-2H3. The number of hydrogen-bond donors (Lipinski definition) is 2. The Kier molecular flexibility index (Phi) is 5.03. The Hall–Kier alpha value is -2.08. The van der Waals surface area contributed by atoms with Gasteiger partial charge in [-0.2, -0.15) is 0 Å². The van der Waals surface area contributed by atoms with Gasteiger partial charge in [-0.15, -0.1) is 0 Å². The molecule has 2 aromatic carbocycles. The van der Waals surface area contributed by atoms with E-state index in [9.17, 15) is 10.2 Å². The minimum absolute atomic E-state index is 0.457. The van der Waals surface area contributed by atoms with E-state index in [1.54, 1.807) is 0 Å². The molecule has 0 aromatic heterocycles. The summed E-state index contributed by atoms with van der Waals surface area (Å²) in [5.74, 6) is 5.82. The number of benzene rings is 2. The Morgan fingerprint density at radius 3 is 1.27 bits per heavy atom. The lowest BCUT2D eigenvalue weighted by Gasteiger charge is -2.24. The van der Waals surface area contributed by atoms with Crippen molar-refractivity contribution in [1.29, 1.82) is 0 Å². The van der Waals surface area contributed by atoms with Crippen LogP contribution in [-0.4, -0.2) is 10.2 Å². The van der Waals surface area contributed by atoms with Crippen molar-refractivity contribution < 1.29 is 10.2 Å². The van der Waals surface area contributed by atoms with E-state index in [0.717, 1.165) is 11.1 Å². The summed E-state index contributed by atoms with van der Waals surface area (Å²) >= 11 is 0. The van der Waals surface area contributed by atoms with Crippen molar-refractivity contribution in [2.24, 2.45) is 0 Å². The van der Waals surface area contributed by atoms with Crippen LogP contribution in [0.15, 0.2) is 60.7 Å². The van der Waals surface area contributed by atoms with Gasteiger partial charge in [-0.1, -0.05) is 86.4 Å². The van der Waals surface area contributed by atoms with Crippen LogP contribution in [0.25, 0.3) is 0 Å². The molecule has 0 fully saturated rings. The Labute approximate surface area is 132 Å². The largest absolute Gasteiger partial charge is 0.373 e. The Bertz CT molecular complexity index is 597. The third-order valence-electron chi connectivity index (χ3n) is 4.00. The topological polar surface area (TPSA) is 40.5 Å². The summed E-state index contributed by atoms with van der Waals surface area (Å²) in [5.41, 5.74) is -1.01. The highest BCUT2D eigenvalue weighted by Gasteiger charge is 2.28. The van der Waals surface area contributed by atoms with E-state index in [1.165, 1.54) is 0 Å². The lowest BCUT2D eigenvalue weighted by Crippen LogP contribution is -2.26. The van der Waals surface area contributed by atoms with Crippen LogP contribution in [0.5, 0.6) is 0 Å². The first-order valence-electron chi connectivity index (χ1n) is 7.64. The molecule has 2 atom stereocenters. The molecule has 0 saturated carbocycles. The Balaban J connectivity index is 2.41. The zero-order valence-electron chi connectivity index (χ0n) is 13.1. The number of hydrogen-bond acceptors (Lipinski definition) is 2. The number of aliphatic hydroxyl groups is 2. The Morgan fingerprint density at radius 1 is 0.682 bits per heavy atom. The van der Waals surface area contributed by atoms with Crippen LogP contribution in [0.1, 0.15) is 37.8 Å². The molecule has 0 aliphatic carbocycles. The molecular formula is C20H22O2. The van der Waals surface area contributed by atoms with Crippen LogP contribution in [0.3, 0.4) is 0 Å². The second kappa shape index (κ2) is 6.79. The molecule has 0 saturated heterocycles. The molecule has 0 radical (unpaired) electrons. The van der Waals surface area contributed by atoms with E-state index in [-0.39, 0.29) is 0 Å². The summed E-state index contributed by atoms with van der Waals surface area (Å²) in [6.45, 7) is 3.77. The van der Waals surface area contributed by atoms with Gasteiger partial charge < -0.3 is 10.2 Å². The molecule has 0 heterocycles. The van der Waals surface area contributed by atoms with Gasteiger partial charge >= 0.3 is 0 Å². The maximum atomic E-state index is 10.8. The SMILES string of the molecule is CCC(O)(C#CC(O)(CC)c1ccccc1)c1ccccc1. The zero-order chi connectivity index (χ0) is 16.1. The normalized spacial score (nSPS) is 16.0. The van der Waals surface area contributed by atoms with Gasteiger partial charge in [0.1, 0.15) is 0 Å². The average molecular weight is 294 g/mol. The molecule has 114 valence electrons. The summed E-state index contributed by atoms with van der Waals surface area (Å²) in [6, 6.07) is 18.7. The second-order valence-electron chi connectivity index (χ2n) is 5.41. The maximum Gasteiger partial charge on any atom is 0.150 e. The molecule has 0 spiro atoms. The second-order valence-corrected chi connectivity index (χ2v) is 5.41. The fourth-order valence-electron chi connectivity index (χ4n) is 2.36. The van der Waals surface area contributed by atoms with Gasteiger partial charge in [0, 0.05) is 0 Å². The van der Waals surface area contributed by atoms with Crippen molar-refractivity contribution in [3.63, 3.8) is 0 Å². The summed E-state index contributed by atoms with van der Waals surface area (Å²) in [5, 5.41) is 21.6. The molecule has 2 heteroatoms. The summed E-state index contributed by atoms with van der Waals surface area (Å²) in [4.78, 5) is 0. The lowest BCUT2D eigenvalue weighted by molar-refractivity contribution is 0.0837. The molecule has 2 N–H and O–H groups in total. The third-order valence-corrected chi connectivity index (χ3v) is 4.00. The van der Waals surface area contributed by atoms with Gasteiger partial charge in [-0.3, -0.25) is 0 Å². The van der Waals surface area contributed by atoms with Crippen molar-refractivity contribution in [2.45, 2.75) is 37.9 Å². The van der Waals surface area contributed by atoms with Crippen LogP contribution in [0.4, 0.5) is 0 Å². The highest BCUT2D eigenvalue weighted by atomic mass is 16.3. The molecule has 0 aliphatic heterocycles. The minimum Gasteiger partial charge on any atom is -0.373 e. The van der Waals surface area contributed by atoms with Crippen molar-refractivity contribution in [3.8, 4) is 11.8 Å². The van der Waals surface area contributed by atoms with Crippen molar-refractivity contribution >= 4 is 0 Å². The molecule has 2 nitrogen and oxygen atoms in total. The minimum atomic E-state index is -1.25. The van der Waals surface area contributed by atoms with Crippen LogP contribution >= 0.6 is 0 Å². The van der Waals surface area contributed by atoms with E-state index < -0.39 is 11.2 Å². The first-order valence-corrected chi connectivity index (χ1v) is 7.64. The zero-order valence-corrected chi connectivity index (χ0v) is 13.1. The summed E-state index contributed by atoms with van der Waals surface area (Å²) in [6.07, 6.45) is 0.914. The summed E-state index contributed by atoms with van der Waals surface area (Å²) < 4.78 is 0. The molecule has 22 heavy (non-hydrogen) atoms. The molecule has 2 rings (SSSR count). The first kappa shape index (κ1) is 16.3. The maximum absolute atomic E-state index is 10.8. The van der Waals surface area contributed by atoms with Crippen LogP contribution in [0.2, 0.25) is 0 Å². The highest BCUT2D eigenvalue weighted by Crippen LogP contribution is 2.27. The quantitative estimate of drug-likeness (QED) is 0.846. The van der Waals surface area contributed by atoms with E-state index in [0.29, 0.717) is 12.8 Å². The molecule has 0 bridgehead atoms. The highest BCUT2D eigenvalue weighted by molar-refractivity contribution is 5.37. The van der Waals surface area contributed by atoms with Gasteiger partial charge in [0.15, 0.2) is 11.2 Å². The first-order chi connectivity index (χ1) is 10.5. The molecule has 2 unspecified atom stereocenters. The molecular weight excluding hydrogens is 272 g/mol. The number of rotatable bonds is 4.